The molecule has 0 aliphatic rings. The number of carbonyl (C=O) groups is 2. The summed E-state index contributed by atoms with van der Waals surface area (Å²) in [6.07, 6.45) is 1.01. The SMILES string of the molecule is CCOC(=O)c1c(C)[nH]c(C(=O)Nc2ccc(OC)c(NS(C)(=O)=O)c2)c1C. The van der Waals surface area contributed by atoms with Crippen molar-refractivity contribution in [2.75, 3.05) is 30.0 Å². The number of methoxy groups -OCH3 is 1. The minimum Gasteiger partial charge on any atom is -0.495 e. The zero-order valence-electron chi connectivity index (χ0n) is 16.3. The monoisotopic (exact) mass is 409 g/mol. The minimum absolute atomic E-state index is 0.189. The van der Waals surface area contributed by atoms with E-state index in [1.54, 1.807) is 26.8 Å². The summed E-state index contributed by atoms with van der Waals surface area (Å²) in [5.74, 6) is -0.677. The number of carbonyl (C=O) groups excluding carboxylic acids is 2. The van der Waals surface area contributed by atoms with Crippen molar-refractivity contribution in [2.24, 2.45) is 0 Å². The molecule has 1 amide bonds. The third kappa shape index (κ3) is 4.83. The van der Waals surface area contributed by atoms with E-state index in [0.717, 1.165) is 6.26 Å². The summed E-state index contributed by atoms with van der Waals surface area (Å²) < 4.78 is 35.5. The Morgan fingerprint density at radius 1 is 1.21 bits per heavy atom. The van der Waals surface area contributed by atoms with E-state index >= 15 is 0 Å². The Kier molecular flexibility index (Phi) is 6.34. The molecule has 0 aliphatic heterocycles. The van der Waals surface area contributed by atoms with Crippen LogP contribution in [0.25, 0.3) is 0 Å². The molecule has 1 heterocycles. The molecule has 28 heavy (non-hydrogen) atoms. The van der Waals surface area contributed by atoms with Crippen LogP contribution in [-0.2, 0) is 14.8 Å². The number of aryl methyl sites for hydroxylation is 1. The van der Waals surface area contributed by atoms with Gasteiger partial charge in [-0.25, -0.2) is 13.2 Å². The quantitative estimate of drug-likeness (QED) is 0.603. The van der Waals surface area contributed by atoms with Gasteiger partial charge < -0.3 is 19.8 Å². The molecule has 152 valence electrons. The summed E-state index contributed by atoms with van der Waals surface area (Å²) in [4.78, 5) is 27.6. The number of benzene rings is 1. The lowest BCUT2D eigenvalue weighted by atomic mass is 10.1. The second kappa shape index (κ2) is 8.34. The first-order valence-electron chi connectivity index (χ1n) is 8.40. The van der Waals surface area contributed by atoms with Crippen molar-refractivity contribution in [2.45, 2.75) is 20.8 Å². The molecular formula is C18H23N3O6S. The van der Waals surface area contributed by atoms with Crippen LogP contribution >= 0.6 is 0 Å². The smallest absolute Gasteiger partial charge is 0.340 e. The predicted molar refractivity (Wildman–Crippen MR) is 106 cm³/mol. The second-order valence-electron chi connectivity index (χ2n) is 6.09. The molecule has 0 radical (unpaired) electrons. The number of rotatable bonds is 7. The fourth-order valence-electron chi connectivity index (χ4n) is 2.75. The van der Waals surface area contributed by atoms with Gasteiger partial charge in [-0.05, 0) is 44.5 Å². The van der Waals surface area contributed by atoms with E-state index in [-0.39, 0.29) is 18.0 Å². The number of hydrogen-bond donors (Lipinski definition) is 3. The molecule has 0 saturated carbocycles. The summed E-state index contributed by atoms with van der Waals surface area (Å²) in [6.45, 7) is 5.26. The summed E-state index contributed by atoms with van der Waals surface area (Å²) in [5.41, 5.74) is 2.07. The maximum atomic E-state index is 12.7. The van der Waals surface area contributed by atoms with Crippen molar-refractivity contribution in [1.29, 1.82) is 0 Å². The highest BCUT2D eigenvalue weighted by atomic mass is 32.2. The van der Waals surface area contributed by atoms with Gasteiger partial charge in [-0.2, -0.15) is 0 Å². The molecule has 0 saturated heterocycles. The molecule has 2 rings (SSSR count). The molecule has 9 nitrogen and oxygen atoms in total. The number of H-pyrrole nitrogens is 1. The maximum absolute atomic E-state index is 12.7. The second-order valence-corrected chi connectivity index (χ2v) is 7.84. The summed E-state index contributed by atoms with van der Waals surface area (Å²) >= 11 is 0. The van der Waals surface area contributed by atoms with Gasteiger partial charge in [0, 0.05) is 11.4 Å². The van der Waals surface area contributed by atoms with E-state index in [1.807, 2.05) is 0 Å². The lowest BCUT2D eigenvalue weighted by Gasteiger charge is -2.12. The van der Waals surface area contributed by atoms with Crippen LogP contribution in [0.4, 0.5) is 11.4 Å². The Labute approximate surface area is 163 Å². The van der Waals surface area contributed by atoms with Crippen molar-refractivity contribution in [3.05, 3.63) is 40.7 Å². The Morgan fingerprint density at radius 2 is 1.89 bits per heavy atom. The van der Waals surface area contributed by atoms with E-state index in [9.17, 15) is 18.0 Å². The summed E-state index contributed by atoms with van der Waals surface area (Å²) in [5, 5.41) is 2.68. The number of hydrogen-bond acceptors (Lipinski definition) is 6. The van der Waals surface area contributed by atoms with E-state index < -0.39 is 21.9 Å². The first-order valence-corrected chi connectivity index (χ1v) is 10.3. The zero-order valence-corrected chi connectivity index (χ0v) is 17.1. The first kappa shape index (κ1) is 21.3. The van der Waals surface area contributed by atoms with Crippen molar-refractivity contribution >= 4 is 33.3 Å². The van der Waals surface area contributed by atoms with Crippen LogP contribution in [0.2, 0.25) is 0 Å². The fourth-order valence-corrected chi connectivity index (χ4v) is 3.30. The van der Waals surface area contributed by atoms with Crippen LogP contribution in [-0.4, -0.2) is 45.3 Å². The van der Waals surface area contributed by atoms with Gasteiger partial charge in [-0.1, -0.05) is 0 Å². The molecule has 1 aromatic carbocycles. The molecule has 0 spiro atoms. The van der Waals surface area contributed by atoms with Gasteiger partial charge in [0.15, 0.2) is 0 Å². The lowest BCUT2D eigenvalue weighted by Crippen LogP contribution is -2.15. The number of nitrogens with one attached hydrogen (secondary N) is 3. The van der Waals surface area contributed by atoms with Gasteiger partial charge in [0.05, 0.1) is 31.2 Å². The number of anilines is 2. The highest BCUT2D eigenvalue weighted by molar-refractivity contribution is 7.92. The van der Waals surface area contributed by atoms with Gasteiger partial charge in [0.1, 0.15) is 11.4 Å². The molecule has 3 N–H and O–H groups in total. The molecule has 2 aromatic rings. The van der Waals surface area contributed by atoms with Crippen molar-refractivity contribution < 1.29 is 27.5 Å². The predicted octanol–water partition coefficient (Wildman–Crippen LogP) is 2.44. The molecule has 0 aliphatic carbocycles. The zero-order chi connectivity index (χ0) is 21.1. The maximum Gasteiger partial charge on any atom is 0.340 e. The number of aromatic amines is 1. The van der Waals surface area contributed by atoms with Crippen LogP contribution in [0.3, 0.4) is 0 Å². The first-order chi connectivity index (χ1) is 13.1. The van der Waals surface area contributed by atoms with Crippen LogP contribution in [0, 0.1) is 13.8 Å². The van der Waals surface area contributed by atoms with Gasteiger partial charge >= 0.3 is 5.97 Å². The largest absolute Gasteiger partial charge is 0.495 e. The third-order valence-electron chi connectivity index (χ3n) is 3.90. The topological polar surface area (TPSA) is 127 Å². The number of ether oxygens (including phenoxy) is 2. The van der Waals surface area contributed by atoms with E-state index in [1.165, 1.54) is 19.2 Å². The Balaban J connectivity index is 2.32. The molecule has 0 fully saturated rings. The summed E-state index contributed by atoms with van der Waals surface area (Å²) in [7, 11) is -2.13. The normalized spacial score (nSPS) is 11.0. The van der Waals surface area contributed by atoms with Crippen molar-refractivity contribution in [3.63, 3.8) is 0 Å². The molecule has 0 bridgehead atoms. The van der Waals surface area contributed by atoms with Crippen LogP contribution in [0.15, 0.2) is 18.2 Å². The molecular weight excluding hydrogens is 386 g/mol. The highest BCUT2D eigenvalue weighted by Gasteiger charge is 2.23. The number of aromatic nitrogens is 1. The van der Waals surface area contributed by atoms with Gasteiger partial charge in [0.25, 0.3) is 5.91 Å². The van der Waals surface area contributed by atoms with Crippen LogP contribution in [0.5, 0.6) is 5.75 Å². The third-order valence-corrected chi connectivity index (χ3v) is 4.49. The van der Waals surface area contributed by atoms with E-state index in [4.69, 9.17) is 9.47 Å². The van der Waals surface area contributed by atoms with Gasteiger partial charge in [-0.3, -0.25) is 9.52 Å². The number of esters is 1. The van der Waals surface area contributed by atoms with Crippen LogP contribution in [0.1, 0.15) is 39.0 Å². The molecule has 10 heteroatoms. The molecule has 1 aromatic heterocycles. The molecule has 0 unspecified atom stereocenters. The van der Waals surface area contributed by atoms with E-state index in [0.29, 0.717) is 28.3 Å². The van der Waals surface area contributed by atoms with Gasteiger partial charge in [0.2, 0.25) is 10.0 Å². The highest BCUT2D eigenvalue weighted by Crippen LogP contribution is 2.29. The van der Waals surface area contributed by atoms with Crippen molar-refractivity contribution in [1.82, 2.24) is 4.98 Å². The van der Waals surface area contributed by atoms with Crippen LogP contribution < -0.4 is 14.8 Å². The minimum atomic E-state index is -3.53. The number of sulfonamides is 1. The van der Waals surface area contributed by atoms with E-state index in [2.05, 4.69) is 15.0 Å². The Hall–Kier alpha value is -3.01. The Morgan fingerprint density at radius 3 is 2.46 bits per heavy atom. The summed E-state index contributed by atoms with van der Waals surface area (Å²) in [6, 6.07) is 4.54. The Bertz CT molecular complexity index is 1010. The average Bonchev–Trinajstić information content (AvgIpc) is 2.88. The molecule has 0 atom stereocenters. The van der Waals surface area contributed by atoms with Gasteiger partial charge in [-0.15, -0.1) is 0 Å². The number of amides is 1. The average molecular weight is 409 g/mol. The lowest BCUT2D eigenvalue weighted by molar-refractivity contribution is 0.0525. The van der Waals surface area contributed by atoms with Crippen molar-refractivity contribution in [3.8, 4) is 5.75 Å². The fraction of sp³-hybridized carbons (Fsp3) is 0.333. The standard InChI is InChI=1S/C18H23N3O6S/c1-6-27-18(23)15-10(2)16(19-11(15)3)17(22)20-12-7-8-14(26-4)13(9-12)21-28(5,24)25/h7-9,19,21H,6H2,1-5H3,(H,20,22).